The maximum absolute atomic E-state index is 12.5. The molecule has 3 rings (SSSR count). The van der Waals surface area contributed by atoms with Crippen LogP contribution in [0.3, 0.4) is 0 Å². The fourth-order valence-corrected chi connectivity index (χ4v) is 3.13. The molecular formula is C21H26ClN5O2. The Balaban J connectivity index is 0.00000300. The van der Waals surface area contributed by atoms with Crippen LogP contribution in [0.5, 0.6) is 0 Å². The van der Waals surface area contributed by atoms with Crippen molar-refractivity contribution in [3.63, 3.8) is 0 Å². The Morgan fingerprint density at radius 3 is 2.45 bits per heavy atom. The number of carbonyl (C=O) groups excluding carboxylic acids is 2. The number of nitrogens with one attached hydrogen (secondary N) is 1. The van der Waals surface area contributed by atoms with Crippen LogP contribution >= 0.6 is 12.4 Å². The molecule has 1 aromatic heterocycles. The van der Waals surface area contributed by atoms with E-state index in [1.807, 2.05) is 44.2 Å². The summed E-state index contributed by atoms with van der Waals surface area (Å²) in [6.07, 6.45) is 0.450. The van der Waals surface area contributed by atoms with Crippen molar-refractivity contribution in [2.45, 2.75) is 32.9 Å². The van der Waals surface area contributed by atoms with E-state index in [1.54, 1.807) is 22.8 Å². The number of benzene rings is 2. The molecule has 2 amide bonds. The summed E-state index contributed by atoms with van der Waals surface area (Å²) in [5.41, 5.74) is 14.5. The minimum Gasteiger partial charge on any atom is -0.363 e. The second kappa shape index (κ2) is 9.54. The smallest absolute Gasteiger partial charge is 0.284 e. The number of rotatable bonds is 7. The fraction of sp³-hybridized carbons (Fsp3) is 0.286. The summed E-state index contributed by atoms with van der Waals surface area (Å²) >= 11 is 0. The Labute approximate surface area is 175 Å². The number of nitrogens with zero attached hydrogens (tertiary/aromatic N) is 2. The number of imidazole rings is 1. The van der Waals surface area contributed by atoms with Crippen molar-refractivity contribution in [1.82, 2.24) is 9.55 Å². The van der Waals surface area contributed by atoms with E-state index in [1.165, 1.54) is 0 Å². The molecule has 3 aromatic rings. The first-order valence-electron chi connectivity index (χ1n) is 9.25. The van der Waals surface area contributed by atoms with Gasteiger partial charge in [0.15, 0.2) is 5.82 Å². The predicted octanol–water partition coefficient (Wildman–Crippen LogP) is 2.72. The molecule has 0 aliphatic heterocycles. The van der Waals surface area contributed by atoms with Gasteiger partial charge in [-0.2, -0.15) is 0 Å². The molecule has 1 atom stereocenters. The zero-order chi connectivity index (χ0) is 20.3. The first-order valence-corrected chi connectivity index (χ1v) is 9.25. The van der Waals surface area contributed by atoms with E-state index in [-0.39, 0.29) is 24.1 Å². The molecule has 0 aliphatic rings. The van der Waals surface area contributed by atoms with E-state index in [2.05, 4.69) is 10.3 Å². The van der Waals surface area contributed by atoms with Gasteiger partial charge in [0.05, 0.1) is 17.1 Å². The maximum atomic E-state index is 12.5. The summed E-state index contributed by atoms with van der Waals surface area (Å²) in [4.78, 5) is 28.6. The van der Waals surface area contributed by atoms with Crippen LogP contribution in [0.2, 0.25) is 0 Å². The van der Waals surface area contributed by atoms with Crippen LogP contribution in [0.25, 0.3) is 11.0 Å². The number of fused-ring (bicyclic) bond motifs is 1. The summed E-state index contributed by atoms with van der Waals surface area (Å²) in [5, 5.41) is 2.85. The largest absolute Gasteiger partial charge is 0.363 e. The van der Waals surface area contributed by atoms with Crippen LogP contribution < -0.4 is 16.8 Å². The van der Waals surface area contributed by atoms with Gasteiger partial charge in [-0.05, 0) is 36.1 Å². The van der Waals surface area contributed by atoms with E-state index in [0.717, 1.165) is 11.1 Å². The number of nitrogens with two attached hydrogens (primary N) is 2. The van der Waals surface area contributed by atoms with E-state index in [0.29, 0.717) is 30.1 Å². The van der Waals surface area contributed by atoms with Gasteiger partial charge in [0.2, 0.25) is 5.91 Å². The van der Waals surface area contributed by atoms with Gasteiger partial charge in [-0.25, -0.2) is 4.98 Å². The molecule has 5 N–H and O–H groups in total. The zero-order valence-corrected chi connectivity index (χ0v) is 17.3. The zero-order valence-electron chi connectivity index (χ0n) is 16.5. The third kappa shape index (κ3) is 5.34. The number of aromatic nitrogens is 2. The summed E-state index contributed by atoms with van der Waals surface area (Å²) in [7, 11) is 0. The van der Waals surface area contributed by atoms with Crippen molar-refractivity contribution in [3.05, 3.63) is 59.9 Å². The topological polar surface area (TPSA) is 116 Å². The Bertz CT molecular complexity index is 1000. The normalized spacial score (nSPS) is 11.9. The van der Waals surface area contributed by atoms with E-state index < -0.39 is 11.9 Å². The molecular weight excluding hydrogens is 390 g/mol. The number of carbonyl (C=O) groups is 2. The van der Waals surface area contributed by atoms with Crippen molar-refractivity contribution in [2.75, 3.05) is 5.32 Å². The minimum atomic E-state index is -0.667. The highest BCUT2D eigenvalue weighted by Gasteiger charge is 2.18. The second-order valence-electron chi connectivity index (χ2n) is 7.29. The average Bonchev–Trinajstić information content (AvgIpc) is 3.00. The standard InChI is InChI=1S/C21H25N5O2.ClH/c1-13(2)12-26-18-11-15(8-9-17(18)25-20(26)19(23)27)24-21(28)16(22)10-14-6-4-3-5-7-14;/h3-9,11,13,16H,10,12,22H2,1-2H3,(H2,23,27)(H,24,28);1H/t16-;/m0./s1. The van der Waals surface area contributed by atoms with E-state index in [4.69, 9.17) is 11.5 Å². The van der Waals surface area contributed by atoms with Crippen molar-refractivity contribution in [1.29, 1.82) is 0 Å². The van der Waals surface area contributed by atoms with Crippen LogP contribution in [0.15, 0.2) is 48.5 Å². The molecule has 0 spiro atoms. The summed E-state index contributed by atoms with van der Waals surface area (Å²) < 4.78 is 1.79. The third-order valence-electron chi connectivity index (χ3n) is 4.42. The van der Waals surface area contributed by atoms with Gasteiger partial charge in [0.1, 0.15) is 0 Å². The highest BCUT2D eigenvalue weighted by Crippen LogP contribution is 2.22. The lowest BCUT2D eigenvalue weighted by Crippen LogP contribution is -2.37. The van der Waals surface area contributed by atoms with E-state index in [9.17, 15) is 9.59 Å². The summed E-state index contributed by atoms with van der Waals surface area (Å²) in [6, 6.07) is 14.3. The van der Waals surface area contributed by atoms with Crippen molar-refractivity contribution < 1.29 is 9.59 Å². The van der Waals surface area contributed by atoms with Gasteiger partial charge >= 0.3 is 0 Å². The first kappa shape index (κ1) is 22.4. The lowest BCUT2D eigenvalue weighted by molar-refractivity contribution is -0.117. The third-order valence-corrected chi connectivity index (χ3v) is 4.42. The summed E-state index contributed by atoms with van der Waals surface area (Å²) in [6.45, 7) is 4.69. The molecule has 154 valence electrons. The molecule has 2 aromatic carbocycles. The van der Waals surface area contributed by atoms with Gasteiger partial charge in [-0.3, -0.25) is 9.59 Å². The van der Waals surface area contributed by atoms with Gasteiger partial charge in [0, 0.05) is 12.2 Å². The number of amides is 2. The van der Waals surface area contributed by atoms with E-state index >= 15 is 0 Å². The summed E-state index contributed by atoms with van der Waals surface area (Å²) in [5.74, 6) is -0.332. The average molecular weight is 416 g/mol. The SMILES string of the molecule is CC(C)Cn1c(C(N)=O)nc2ccc(NC(=O)[C@@H](N)Cc3ccccc3)cc21.Cl. The highest BCUT2D eigenvalue weighted by atomic mass is 35.5. The quantitative estimate of drug-likeness (QED) is 0.550. The molecule has 0 bridgehead atoms. The lowest BCUT2D eigenvalue weighted by atomic mass is 10.1. The Kier molecular flexibility index (Phi) is 7.36. The predicted molar refractivity (Wildman–Crippen MR) is 117 cm³/mol. The highest BCUT2D eigenvalue weighted by molar-refractivity contribution is 5.98. The molecule has 29 heavy (non-hydrogen) atoms. The molecule has 0 aliphatic carbocycles. The second-order valence-corrected chi connectivity index (χ2v) is 7.29. The van der Waals surface area contributed by atoms with Crippen molar-refractivity contribution in [3.8, 4) is 0 Å². The molecule has 8 heteroatoms. The van der Waals surface area contributed by atoms with Gasteiger partial charge < -0.3 is 21.4 Å². The minimum absolute atomic E-state index is 0. The molecule has 7 nitrogen and oxygen atoms in total. The molecule has 0 saturated carbocycles. The number of primary amides is 1. The van der Waals surface area contributed by atoms with Crippen LogP contribution in [0, 0.1) is 5.92 Å². The first-order chi connectivity index (χ1) is 13.3. The van der Waals surface area contributed by atoms with Gasteiger partial charge in [-0.1, -0.05) is 44.2 Å². The van der Waals surface area contributed by atoms with Gasteiger partial charge in [-0.15, -0.1) is 12.4 Å². The van der Waals surface area contributed by atoms with Crippen LogP contribution in [-0.2, 0) is 17.8 Å². The van der Waals surface area contributed by atoms with Crippen LogP contribution in [-0.4, -0.2) is 27.4 Å². The fourth-order valence-electron chi connectivity index (χ4n) is 3.13. The Hall–Kier alpha value is -2.90. The molecule has 0 radical (unpaired) electrons. The number of hydrogen-bond acceptors (Lipinski definition) is 4. The molecule has 0 fully saturated rings. The number of anilines is 1. The van der Waals surface area contributed by atoms with Crippen molar-refractivity contribution >= 4 is 40.9 Å². The molecule has 0 unspecified atom stereocenters. The number of halogens is 1. The number of hydrogen-bond donors (Lipinski definition) is 3. The van der Waals surface area contributed by atoms with Crippen LogP contribution in [0.1, 0.15) is 30.0 Å². The van der Waals surface area contributed by atoms with Gasteiger partial charge in [0.25, 0.3) is 5.91 Å². The Morgan fingerprint density at radius 1 is 1.14 bits per heavy atom. The Morgan fingerprint density at radius 2 is 1.83 bits per heavy atom. The van der Waals surface area contributed by atoms with Crippen LogP contribution in [0.4, 0.5) is 5.69 Å². The lowest BCUT2D eigenvalue weighted by Gasteiger charge is -2.13. The molecule has 1 heterocycles. The monoisotopic (exact) mass is 415 g/mol. The molecule has 0 saturated heterocycles. The van der Waals surface area contributed by atoms with Crippen molar-refractivity contribution in [2.24, 2.45) is 17.4 Å². The maximum Gasteiger partial charge on any atom is 0.284 e.